The highest BCUT2D eigenvalue weighted by Crippen LogP contribution is 2.16. The van der Waals surface area contributed by atoms with Crippen LogP contribution < -0.4 is 5.32 Å². The van der Waals surface area contributed by atoms with Crippen molar-refractivity contribution in [1.82, 2.24) is 9.88 Å². The highest BCUT2D eigenvalue weighted by molar-refractivity contribution is 9.10. The first-order chi connectivity index (χ1) is 9.56. The Morgan fingerprint density at radius 2 is 1.95 bits per heavy atom. The van der Waals surface area contributed by atoms with Crippen LogP contribution in [0.5, 0.6) is 0 Å². The number of aromatic nitrogens is 1. The molecule has 0 spiro atoms. The van der Waals surface area contributed by atoms with Gasteiger partial charge in [-0.3, -0.25) is 4.79 Å². The molecular weight excluding hydrogens is 318 g/mol. The fourth-order valence-corrected chi connectivity index (χ4v) is 2.24. The van der Waals surface area contributed by atoms with Crippen LogP contribution in [0.3, 0.4) is 0 Å². The van der Waals surface area contributed by atoms with Crippen molar-refractivity contribution >= 4 is 27.5 Å². The minimum atomic E-state index is -0.176. The van der Waals surface area contributed by atoms with Gasteiger partial charge in [-0.05, 0) is 59.9 Å². The molecule has 0 aliphatic carbocycles. The maximum Gasteiger partial charge on any atom is 0.258 e. The molecule has 104 valence electrons. The van der Waals surface area contributed by atoms with E-state index >= 15 is 0 Å². The van der Waals surface area contributed by atoms with E-state index in [-0.39, 0.29) is 5.91 Å². The second kappa shape index (κ2) is 6.63. The van der Waals surface area contributed by atoms with Crippen molar-refractivity contribution in [2.75, 3.05) is 19.4 Å². The number of nitrogens with one attached hydrogen (secondary N) is 1. The summed E-state index contributed by atoms with van der Waals surface area (Å²) in [5, 5.41) is 2.86. The Balaban J connectivity index is 2.07. The molecule has 1 N–H and O–H groups in total. The SMILES string of the molecule is CN(C)Cc1ccc(NC(=O)c2cccnc2Br)cc1. The van der Waals surface area contributed by atoms with Gasteiger partial charge in [-0.1, -0.05) is 12.1 Å². The molecule has 5 heteroatoms. The quantitative estimate of drug-likeness (QED) is 0.874. The second-order valence-corrected chi connectivity index (χ2v) is 5.48. The fraction of sp³-hybridized carbons (Fsp3) is 0.200. The highest BCUT2D eigenvalue weighted by Gasteiger charge is 2.10. The lowest BCUT2D eigenvalue weighted by Crippen LogP contribution is -2.13. The average Bonchev–Trinajstić information content (AvgIpc) is 2.41. The first-order valence-electron chi connectivity index (χ1n) is 6.22. The molecule has 0 unspecified atom stereocenters. The van der Waals surface area contributed by atoms with E-state index in [1.165, 1.54) is 5.56 Å². The molecule has 1 aromatic heterocycles. The van der Waals surface area contributed by atoms with Crippen LogP contribution in [0.1, 0.15) is 15.9 Å². The van der Waals surface area contributed by atoms with Gasteiger partial charge in [-0.15, -0.1) is 0 Å². The van der Waals surface area contributed by atoms with E-state index in [4.69, 9.17) is 0 Å². The van der Waals surface area contributed by atoms with Crippen LogP contribution in [0, 0.1) is 0 Å². The highest BCUT2D eigenvalue weighted by atomic mass is 79.9. The third-order valence-electron chi connectivity index (χ3n) is 2.71. The molecule has 0 aliphatic heterocycles. The number of benzene rings is 1. The van der Waals surface area contributed by atoms with Crippen LogP contribution in [-0.4, -0.2) is 29.9 Å². The maximum absolute atomic E-state index is 12.1. The molecule has 0 atom stereocenters. The number of pyridine rings is 1. The third kappa shape index (κ3) is 3.88. The molecule has 20 heavy (non-hydrogen) atoms. The Morgan fingerprint density at radius 3 is 2.55 bits per heavy atom. The lowest BCUT2D eigenvalue weighted by atomic mass is 10.2. The number of hydrogen-bond acceptors (Lipinski definition) is 3. The van der Waals surface area contributed by atoms with Crippen molar-refractivity contribution in [2.45, 2.75) is 6.54 Å². The predicted octanol–water partition coefficient (Wildman–Crippen LogP) is 3.16. The zero-order valence-electron chi connectivity index (χ0n) is 11.4. The minimum Gasteiger partial charge on any atom is -0.322 e. The van der Waals surface area contributed by atoms with E-state index in [9.17, 15) is 4.79 Å². The normalized spacial score (nSPS) is 10.6. The average molecular weight is 334 g/mol. The Hall–Kier alpha value is -1.72. The third-order valence-corrected chi connectivity index (χ3v) is 3.35. The standard InChI is InChI=1S/C15H16BrN3O/c1-19(2)10-11-5-7-12(8-6-11)18-15(20)13-4-3-9-17-14(13)16/h3-9H,10H2,1-2H3,(H,18,20). The number of halogens is 1. The van der Waals surface area contributed by atoms with E-state index in [0.29, 0.717) is 10.2 Å². The van der Waals surface area contributed by atoms with Gasteiger partial charge in [0.2, 0.25) is 0 Å². The summed E-state index contributed by atoms with van der Waals surface area (Å²) in [5.74, 6) is -0.176. The van der Waals surface area contributed by atoms with Gasteiger partial charge in [-0.2, -0.15) is 0 Å². The molecule has 0 aliphatic rings. The van der Waals surface area contributed by atoms with Gasteiger partial charge < -0.3 is 10.2 Å². The lowest BCUT2D eigenvalue weighted by molar-refractivity contribution is 0.102. The molecule has 0 fully saturated rings. The first-order valence-corrected chi connectivity index (χ1v) is 7.01. The summed E-state index contributed by atoms with van der Waals surface area (Å²) in [4.78, 5) is 18.2. The van der Waals surface area contributed by atoms with Gasteiger partial charge in [-0.25, -0.2) is 4.98 Å². The van der Waals surface area contributed by atoms with Crippen molar-refractivity contribution in [3.05, 3.63) is 58.3 Å². The Kier molecular flexibility index (Phi) is 4.87. The summed E-state index contributed by atoms with van der Waals surface area (Å²) in [7, 11) is 4.05. The fourth-order valence-electron chi connectivity index (χ4n) is 1.81. The number of hydrogen-bond donors (Lipinski definition) is 1. The number of anilines is 1. The van der Waals surface area contributed by atoms with E-state index in [1.807, 2.05) is 38.4 Å². The Bertz CT molecular complexity index is 596. The lowest BCUT2D eigenvalue weighted by Gasteiger charge is -2.11. The summed E-state index contributed by atoms with van der Waals surface area (Å²) in [6, 6.07) is 11.3. The maximum atomic E-state index is 12.1. The number of carbonyl (C=O) groups is 1. The van der Waals surface area contributed by atoms with Gasteiger partial charge in [0, 0.05) is 18.4 Å². The van der Waals surface area contributed by atoms with Gasteiger partial charge in [0.05, 0.1) is 5.56 Å². The summed E-state index contributed by atoms with van der Waals surface area (Å²) < 4.78 is 0.543. The number of carbonyl (C=O) groups excluding carboxylic acids is 1. The van der Waals surface area contributed by atoms with Gasteiger partial charge in [0.1, 0.15) is 4.60 Å². The summed E-state index contributed by atoms with van der Waals surface area (Å²) >= 11 is 3.27. The molecular formula is C15H16BrN3O. The molecule has 2 aromatic rings. The molecule has 0 bridgehead atoms. The van der Waals surface area contributed by atoms with E-state index < -0.39 is 0 Å². The summed E-state index contributed by atoms with van der Waals surface area (Å²) in [6.07, 6.45) is 1.64. The molecule has 4 nitrogen and oxygen atoms in total. The van der Waals surface area contributed by atoms with Crippen LogP contribution in [0.15, 0.2) is 47.2 Å². The van der Waals surface area contributed by atoms with E-state index in [0.717, 1.165) is 12.2 Å². The monoisotopic (exact) mass is 333 g/mol. The largest absolute Gasteiger partial charge is 0.322 e. The summed E-state index contributed by atoms with van der Waals surface area (Å²) in [5.41, 5.74) is 2.49. The van der Waals surface area contributed by atoms with Crippen LogP contribution in [-0.2, 0) is 6.54 Å². The summed E-state index contributed by atoms with van der Waals surface area (Å²) in [6.45, 7) is 0.877. The van der Waals surface area contributed by atoms with Crippen LogP contribution in [0.25, 0.3) is 0 Å². The molecule has 1 aromatic carbocycles. The first kappa shape index (κ1) is 14.7. The van der Waals surface area contributed by atoms with E-state index in [1.54, 1.807) is 18.3 Å². The molecule has 0 radical (unpaired) electrons. The van der Waals surface area contributed by atoms with Gasteiger partial charge in [0.25, 0.3) is 5.91 Å². The number of rotatable bonds is 4. The Morgan fingerprint density at radius 1 is 1.25 bits per heavy atom. The number of amides is 1. The van der Waals surface area contributed by atoms with Gasteiger partial charge >= 0.3 is 0 Å². The van der Waals surface area contributed by atoms with Crippen LogP contribution in [0.2, 0.25) is 0 Å². The molecule has 0 saturated heterocycles. The topological polar surface area (TPSA) is 45.2 Å². The second-order valence-electron chi connectivity index (χ2n) is 4.73. The molecule has 1 heterocycles. The minimum absolute atomic E-state index is 0.176. The predicted molar refractivity (Wildman–Crippen MR) is 83.7 cm³/mol. The molecule has 1 amide bonds. The van der Waals surface area contributed by atoms with Crippen LogP contribution >= 0.6 is 15.9 Å². The van der Waals surface area contributed by atoms with Gasteiger partial charge in [0.15, 0.2) is 0 Å². The zero-order valence-corrected chi connectivity index (χ0v) is 13.0. The van der Waals surface area contributed by atoms with Crippen molar-refractivity contribution in [1.29, 1.82) is 0 Å². The van der Waals surface area contributed by atoms with Crippen molar-refractivity contribution in [3.8, 4) is 0 Å². The van der Waals surface area contributed by atoms with Crippen molar-refractivity contribution < 1.29 is 4.79 Å². The number of nitrogens with zero attached hydrogens (tertiary/aromatic N) is 2. The van der Waals surface area contributed by atoms with Crippen molar-refractivity contribution in [3.63, 3.8) is 0 Å². The smallest absolute Gasteiger partial charge is 0.258 e. The molecule has 2 rings (SSSR count). The zero-order chi connectivity index (χ0) is 14.5. The van der Waals surface area contributed by atoms with Crippen molar-refractivity contribution in [2.24, 2.45) is 0 Å². The van der Waals surface area contributed by atoms with Crippen LogP contribution in [0.4, 0.5) is 5.69 Å². The Labute approximate surface area is 127 Å². The van der Waals surface area contributed by atoms with E-state index in [2.05, 4.69) is 31.1 Å². The molecule has 0 saturated carbocycles.